The lowest BCUT2D eigenvalue weighted by Gasteiger charge is -2.31. The molecule has 0 aliphatic carbocycles. The van der Waals surface area contributed by atoms with Gasteiger partial charge < -0.3 is 9.47 Å². The van der Waals surface area contributed by atoms with Gasteiger partial charge in [0.25, 0.3) is 0 Å². The minimum atomic E-state index is -3.57. The molecule has 1 aliphatic heterocycles. The van der Waals surface area contributed by atoms with Crippen LogP contribution in [0, 0.1) is 5.92 Å². The van der Waals surface area contributed by atoms with E-state index in [0.717, 1.165) is 19.3 Å². The second kappa shape index (κ2) is 8.10. The summed E-state index contributed by atoms with van der Waals surface area (Å²) in [5.41, 5.74) is 1.31. The van der Waals surface area contributed by atoms with Crippen LogP contribution in [0.25, 0.3) is 0 Å². The number of rotatable bonds is 6. The number of nitrogens with zero attached hydrogens (tertiary/aromatic N) is 1. The largest absolute Gasteiger partial charge is 0.497 e. The number of hydrogen-bond donors (Lipinski definition) is 0. The van der Waals surface area contributed by atoms with Gasteiger partial charge in [0.1, 0.15) is 16.4 Å². The highest BCUT2D eigenvalue weighted by molar-refractivity contribution is 7.89. The van der Waals surface area contributed by atoms with Crippen molar-refractivity contribution in [3.8, 4) is 11.5 Å². The van der Waals surface area contributed by atoms with Crippen molar-refractivity contribution in [3.63, 3.8) is 0 Å². The maximum absolute atomic E-state index is 13.0. The molecular weight excluding hydrogens is 350 g/mol. The number of hydrogen-bond acceptors (Lipinski definition) is 4. The minimum Gasteiger partial charge on any atom is -0.497 e. The summed E-state index contributed by atoms with van der Waals surface area (Å²) >= 11 is 0. The van der Waals surface area contributed by atoms with Gasteiger partial charge in [-0.3, -0.25) is 0 Å². The van der Waals surface area contributed by atoms with E-state index in [4.69, 9.17) is 9.47 Å². The van der Waals surface area contributed by atoms with Crippen LogP contribution < -0.4 is 9.47 Å². The first-order valence-electron chi connectivity index (χ1n) is 8.80. The number of piperidine rings is 1. The molecule has 1 saturated heterocycles. The van der Waals surface area contributed by atoms with Gasteiger partial charge in [0, 0.05) is 19.2 Å². The van der Waals surface area contributed by atoms with E-state index >= 15 is 0 Å². The van der Waals surface area contributed by atoms with E-state index in [9.17, 15) is 8.42 Å². The molecule has 5 nitrogen and oxygen atoms in total. The van der Waals surface area contributed by atoms with Gasteiger partial charge in [0.05, 0.1) is 14.2 Å². The van der Waals surface area contributed by atoms with Crippen LogP contribution in [0.4, 0.5) is 0 Å². The first-order chi connectivity index (χ1) is 12.5. The average Bonchev–Trinajstić information content (AvgIpc) is 2.68. The molecule has 0 unspecified atom stereocenters. The molecule has 1 aliphatic rings. The van der Waals surface area contributed by atoms with E-state index in [1.54, 1.807) is 29.6 Å². The predicted octanol–water partition coefficient (Wildman–Crippen LogP) is 3.35. The molecular formula is C20H25NO4S. The number of methoxy groups -OCH3 is 2. The Morgan fingerprint density at radius 1 is 1.00 bits per heavy atom. The first-order valence-corrected chi connectivity index (χ1v) is 10.2. The molecule has 0 saturated carbocycles. The summed E-state index contributed by atoms with van der Waals surface area (Å²) in [7, 11) is -0.559. The van der Waals surface area contributed by atoms with Crippen molar-refractivity contribution in [2.45, 2.75) is 24.2 Å². The summed E-state index contributed by atoms with van der Waals surface area (Å²) < 4.78 is 38.1. The van der Waals surface area contributed by atoms with Crippen molar-refractivity contribution in [2.24, 2.45) is 5.92 Å². The molecule has 0 radical (unpaired) electrons. The Bertz CT molecular complexity index is 828. The van der Waals surface area contributed by atoms with Crippen LogP contribution in [0.15, 0.2) is 53.4 Å². The minimum absolute atomic E-state index is 0.197. The highest BCUT2D eigenvalue weighted by Crippen LogP contribution is 2.33. The second-order valence-electron chi connectivity index (χ2n) is 6.55. The summed E-state index contributed by atoms with van der Waals surface area (Å²) in [5.74, 6) is 1.40. The quantitative estimate of drug-likeness (QED) is 0.777. The summed E-state index contributed by atoms with van der Waals surface area (Å²) in [5, 5.41) is 0. The van der Waals surface area contributed by atoms with Crippen LogP contribution in [0.5, 0.6) is 11.5 Å². The molecule has 0 aromatic heterocycles. The molecule has 0 amide bonds. The molecule has 1 fully saturated rings. The highest BCUT2D eigenvalue weighted by atomic mass is 32.2. The van der Waals surface area contributed by atoms with Crippen molar-refractivity contribution in [3.05, 3.63) is 54.1 Å². The maximum atomic E-state index is 13.0. The van der Waals surface area contributed by atoms with Crippen LogP contribution in [-0.2, 0) is 16.4 Å². The van der Waals surface area contributed by atoms with Crippen LogP contribution in [0.2, 0.25) is 0 Å². The van der Waals surface area contributed by atoms with Crippen molar-refractivity contribution in [2.75, 3.05) is 27.3 Å². The molecule has 1 heterocycles. The van der Waals surface area contributed by atoms with Gasteiger partial charge in [-0.1, -0.05) is 30.3 Å². The second-order valence-corrected chi connectivity index (χ2v) is 8.46. The SMILES string of the molecule is COc1ccc(S(=O)(=O)N2CCC(Cc3ccccc3)CC2)c(OC)c1. The average molecular weight is 375 g/mol. The van der Waals surface area contributed by atoms with Gasteiger partial charge in [0.15, 0.2) is 0 Å². The number of ether oxygens (including phenoxy) is 2. The molecule has 0 spiro atoms. The molecule has 0 N–H and O–H groups in total. The van der Waals surface area contributed by atoms with Crippen LogP contribution in [-0.4, -0.2) is 40.0 Å². The van der Waals surface area contributed by atoms with Crippen molar-refractivity contribution in [1.82, 2.24) is 4.31 Å². The lowest BCUT2D eigenvalue weighted by Crippen LogP contribution is -2.39. The lowest BCUT2D eigenvalue weighted by molar-refractivity contribution is 0.272. The first kappa shape index (κ1) is 18.7. The van der Waals surface area contributed by atoms with E-state index in [1.807, 2.05) is 18.2 Å². The molecule has 6 heteroatoms. The van der Waals surface area contributed by atoms with Gasteiger partial charge in [-0.05, 0) is 42.9 Å². The van der Waals surface area contributed by atoms with Gasteiger partial charge in [-0.25, -0.2) is 8.42 Å². The zero-order chi connectivity index (χ0) is 18.6. The predicted molar refractivity (Wildman–Crippen MR) is 101 cm³/mol. The third kappa shape index (κ3) is 4.02. The summed E-state index contributed by atoms with van der Waals surface area (Å²) in [6.07, 6.45) is 2.74. The van der Waals surface area contributed by atoms with Crippen molar-refractivity contribution in [1.29, 1.82) is 0 Å². The van der Waals surface area contributed by atoms with E-state index in [-0.39, 0.29) is 4.90 Å². The smallest absolute Gasteiger partial charge is 0.246 e. The molecule has 0 bridgehead atoms. The fraction of sp³-hybridized carbons (Fsp3) is 0.400. The van der Waals surface area contributed by atoms with Gasteiger partial charge in [0.2, 0.25) is 10.0 Å². The highest BCUT2D eigenvalue weighted by Gasteiger charge is 2.31. The van der Waals surface area contributed by atoms with Crippen molar-refractivity contribution < 1.29 is 17.9 Å². The summed E-state index contributed by atoms with van der Waals surface area (Å²) in [4.78, 5) is 0.197. The third-order valence-corrected chi connectivity index (χ3v) is 6.87. The molecule has 2 aromatic rings. The summed E-state index contributed by atoms with van der Waals surface area (Å²) in [6.45, 7) is 1.07. The Labute approximate surface area is 155 Å². The fourth-order valence-corrected chi connectivity index (χ4v) is 5.03. The van der Waals surface area contributed by atoms with Gasteiger partial charge in [-0.15, -0.1) is 0 Å². The molecule has 26 heavy (non-hydrogen) atoms. The van der Waals surface area contributed by atoms with Crippen molar-refractivity contribution >= 4 is 10.0 Å². The van der Waals surface area contributed by atoms with Gasteiger partial charge in [-0.2, -0.15) is 4.31 Å². The maximum Gasteiger partial charge on any atom is 0.246 e. The van der Waals surface area contributed by atoms with Crippen LogP contribution >= 0.6 is 0 Å². The zero-order valence-electron chi connectivity index (χ0n) is 15.2. The fourth-order valence-electron chi connectivity index (χ4n) is 3.43. The zero-order valence-corrected chi connectivity index (χ0v) is 16.0. The molecule has 3 rings (SSSR count). The molecule has 2 aromatic carbocycles. The van der Waals surface area contributed by atoms with Crippen LogP contribution in [0.3, 0.4) is 0 Å². The Hall–Kier alpha value is -2.05. The normalized spacial score (nSPS) is 16.4. The Balaban J connectivity index is 1.70. The van der Waals surface area contributed by atoms with E-state index in [1.165, 1.54) is 12.7 Å². The Kier molecular flexibility index (Phi) is 5.84. The molecule has 140 valence electrons. The van der Waals surface area contributed by atoms with E-state index in [0.29, 0.717) is 30.5 Å². The monoisotopic (exact) mass is 375 g/mol. The van der Waals surface area contributed by atoms with Crippen LogP contribution in [0.1, 0.15) is 18.4 Å². The number of benzene rings is 2. The summed E-state index contributed by atoms with van der Waals surface area (Å²) in [6, 6.07) is 15.2. The Morgan fingerprint density at radius 2 is 1.69 bits per heavy atom. The standard InChI is InChI=1S/C20H25NO4S/c1-24-18-8-9-20(19(15-18)25-2)26(22,23)21-12-10-17(11-13-21)14-16-6-4-3-5-7-16/h3-9,15,17H,10-14H2,1-2H3. The number of sulfonamides is 1. The lowest BCUT2D eigenvalue weighted by atomic mass is 9.91. The van der Waals surface area contributed by atoms with E-state index < -0.39 is 10.0 Å². The van der Waals surface area contributed by atoms with E-state index in [2.05, 4.69) is 12.1 Å². The third-order valence-electron chi connectivity index (χ3n) is 4.93. The van der Waals surface area contributed by atoms with Gasteiger partial charge >= 0.3 is 0 Å². The topological polar surface area (TPSA) is 55.8 Å². The Morgan fingerprint density at radius 3 is 2.31 bits per heavy atom. The molecule has 0 atom stereocenters.